The molecule has 0 bridgehead atoms. The predicted molar refractivity (Wildman–Crippen MR) is 188 cm³/mol. The molecule has 1 N–H and O–H groups in total. The van der Waals surface area contributed by atoms with Crippen molar-refractivity contribution < 1.29 is 31.8 Å². The monoisotopic (exact) mass is 701 g/mol. The van der Waals surface area contributed by atoms with Gasteiger partial charge in [0.25, 0.3) is 5.91 Å². The van der Waals surface area contributed by atoms with Gasteiger partial charge in [-0.05, 0) is 63.3 Å². The first-order valence-electron chi connectivity index (χ1n) is 16.7. The highest BCUT2D eigenvalue weighted by Gasteiger charge is 2.37. The molecule has 2 fully saturated rings. The summed E-state index contributed by atoms with van der Waals surface area (Å²) in [5, 5.41) is 2.72. The Morgan fingerprint density at radius 1 is 1.10 bits per heavy atom. The van der Waals surface area contributed by atoms with Crippen LogP contribution in [0, 0.1) is 5.82 Å². The second kappa shape index (κ2) is 14.8. The number of piperazine rings is 1. The Kier molecular flexibility index (Phi) is 11.1. The maximum Gasteiger partial charge on any atom is 0.417 e. The first-order chi connectivity index (χ1) is 23.0. The number of rotatable bonds is 11. The maximum absolute atomic E-state index is 16.1. The number of aromatic nitrogens is 1. The molecule has 0 saturated carbocycles. The van der Waals surface area contributed by atoms with E-state index in [-0.39, 0.29) is 35.8 Å². The highest BCUT2D eigenvalue weighted by atomic mass is 28.3. The van der Waals surface area contributed by atoms with Gasteiger partial charge in [-0.25, -0.2) is 9.37 Å². The fourth-order valence-electron chi connectivity index (χ4n) is 6.06. The third-order valence-corrected chi connectivity index (χ3v) is 11.2. The van der Waals surface area contributed by atoms with Crippen LogP contribution >= 0.6 is 0 Å². The first kappa shape index (κ1) is 36.7. The van der Waals surface area contributed by atoms with Crippen LogP contribution in [0.2, 0.25) is 25.7 Å². The number of likely N-dealkylation sites (N-methyl/N-ethyl adjacent to an activating group) is 2. The molecular weight excluding hydrogens is 655 g/mol. The lowest BCUT2D eigenvalue weighted by molar-refractivity contribution is -0.138. The number of hydrogen-bond acceptors (Lipinski definition) is 7. The van der Waals surface area contributed by atoms with Crippen molar-refractivity contribution in [3.63, 3.8) is 0 Å². The summed E-state index contributed by atoms with van der Waals surface area (Å²) in [5.41, 5.74) is 0.599. The molecule has 3 aromatic rings. The number of alkyl halides is 3. The average Bonchev–Trinajstić information content (AvgIpc) is 2.98. The summed E-state index contributed by atoms with van der Waals surface area (Å²) in [5.74, 6) is -1.69. The number of nitrogens with zero attached hydrogens (tertiary/aromatic N) is 4. The van der Waals surface area contributed by atoms with Gasteiger partial charge in [0.05, 0.1) is 48.4 Å². The summed E-state index contributed by atoms with van der Waals surface area (Å²) in [4.78, 5) is 24.2. The van der Waals surface area contributed by atoms with Crippen LogP contribution in [0.25, 0.3) is 11.1 Å². The molecule has 0 unspecified atom stereocenters. The van der Waals surface area contributed by atoms with Crippen LogP contribution in [0.4, 0.5) is 28.9 Å². The van der Waals surface area contributed by atoms with Crippen molar-refractivity contribution in [3.8, 4) is 17.0 Å². The Morgan fingerprint density at radius 3 is 2.41 bits per heavy atom. The van der Waals surface area contributed by atoms with Crippen molar-refractivity contribution in [2.75, 3.05) is 57.2 Å². The van der Waals surface area contributed by atoms with E-state index in [1.165, 1.54) is 12.1 Å². The van der Waals surface area contributed by atoms with E-state index in [1.54, 1.807) is 6.07 Å². The molecule has 2 aliphatic rings. The summed E-state index contributed by atoms with van der Waals surface area (Å²) in [6.07, 6.45) is -3.94. The molecule has 5 rings (SSSR count). The molecule has 2 saturated heterocycles. The van der Waals surface area contributed by atoms with Crippen LogP contribution < -0.4 is 15.0 Å². The Labute approximate surface area is 287 Å². The van der Waals surface area contributed by atoms with E-state index in [2.05, 4.69) is 53.6 Å². The number of amides is 1. The van der Waals surface area contributed by atoms with Crippen molar-refractivity contribution >= 4 is 25.4 Å². The zero-order valence-electron chi connectivity index (χ0n) is 29.3. The Hall–Kier alpha value is -3.52. The number of nitrogens with one attached hydrogen (secondary N) is 1. The summed E-state index contributed by atoms with van der Waals surface area (Å²) in [6.45, 7) is 13.8. The topological polar surface area (TPSA) is 70.2 Å². The number of ether oxygens (including phenoxy) is 2. The third-order valence-electron chi connectivity index (χ3n) is 9.48. The summed E-state index contributed by atoms with van der Waals surface area (Å²) >= 11 is 0. The number of anilines is 2. The first-order valence-corrected chi connectivity index (χ1v) is 20.4. The van der Waals surface area contributed by atoms with Crippen molar-refractivity contribution in [2.24, 2.45) is 0 Å². The van der Waals surface area contributed by atoms with E-state index >= 15 is 4.39 Å². The van der Waals surface area contributed by atoms with Gasteiger partial charge in [0, 0.05) is 57.6 Å². The Morgan fingerprint density at radius 2 is 1.80 bits per heavy atom. The van der Waals surface area contributed by atoms with Gasteiger partial charge in [0.15, 0.2) is 0 Å². The standard InChI is InChI=1S/C36H47F4N5O3Si/c1-23-18-45(19-24(2)44(23)4)33-16-31(37)28(26-10-8-9-25(13-26)20-43(3)27-21-47-22-27)14-32(33)42-35(46)29-17-41-34(15-30(29)36(38,39)40)48-11-12-49(5,6)7/h8-10,13-17,23-24,27H,11-12,18-22H2,1-7H3,(H,42,46)/t23-,24+. The molecule has 0 aliphatic carbocycles. The lowest BCUT2D eigenvalue weighted by atomic mass is 9.99. The largest absolute Gasteiger partial charge is 0.478 e. The molecule has 1 amide bonds. The average molecular weight is 702 g/mol. The van der Waals surface area contributed by atoms with E-state index in [9.17, 15) is 18.0 Å². The van der Waals surface area contributed by atoms with E-state index in [0.717, 1.165) is 23.9 Å². The maximum atomic E-state index is 16.1. The minimum atomic E-state index is -4.84. The molecule has 2 aliphatic heterocycles. The second-order valence-corrected chi connectivity index (χ2v) is 20.2. The summed E-state index contributed by atoms with van der Waals surface area (Å²) in [6, 6.07) is 12.4. The van der Waals surface area contributed by atoms with Gasteiger partial charge in [-0.3, -0.25) is 14.6 Å². The number of carbonyl (C=O) groups excluding carboxylic acids is 1. The number of pyridine rings is 1. The van der Waals surface area contributed by atoms with Gasteiger partial charge in [-0.15, -0.1) is 0 Å². The Balaban J connectivity index is 1.50. The molecule has 49 heavy (non-hydrogen) atoms. The fourth-order valence-corrected chi connectivity index (χ4v) is 6.78. The number of halogens is 4. The van der Waals surface area contributed by atoms with Crippen LogP contribution in [0.5, 0.6) is 5.88 Å². The number of carbonyl (C=O) groups is 1. The van der Waals surface area contributed by atoms with Gasteiger partial charge in [0.2, 0.25) is 5.88 Å². The van der Waals surface area contributed by atoms with E-state index < -0.39 is 37.1 Å². The van der Waals surface area contributed by atoms with Crippen LogP contribution in [0.3, 0.4) is 0 Å². The van der Waals surface area contributed by atoms with Crippen molar-refractivity contribution in [1.82, 2.24) is 14.8 Å². The molecule has 1 aromatic heterocycles. The van der Waals surface area contributed by atoms with Crippen LogP contribution in [-0.2, 0) is 17.5 Å². The summed E-state index contributed by atoms with van der Waals surface area (Å²) in [7, 11) is 2.54. The minimum absolute atomic E-state index is 0.110. The zero-order valence-corrected chi connectivity index (χ0v) is 30.3. The highest BCUT2D eigenvalue weighted by Crippen LogP contribution is 2.38. The highest BCUT2D eigenvalue weighted by molar-refractivity contribution is 6.76. The normalized spacial score (nSPS) is 19.2. The lowest BCUT2D eigenvalue weighted by Gasteiger charge is -2.44. The molecule has 266 valence electrons. The minimum Gasteiger partial charge on any atom is -0.478 e. The smallest absolute Gasteiger partial charge is 0.417 e. The van der Waals surface area contributed by atoms with E-state index in [1.807, 2.05) is 37.2 Å². The molecule has 3 heterocycles. The van der Waals surface area contributed by atoms with Gasteiger partial charge in [-0.2, -0.15) is 13.2 Å². The third kappa shape index (κ3) is 8.99. The molecular formula is C36H47F4N5O3Si. The number of benzene rings is 2. The van der Waals surface area contributed by atoms with Crippen molar-refractivity contribution in [1.29, 1.82) is 0 Å². The van der Waals surface area contributed by atoms with Crippen molar-refractivity contribution in [2.45, 2.75) is 70.4 Å². The van der Waals surface area contributed by atoms with Crippen LogP contribution in [0.1, 0.15) is 35.3 Å². The van der Waals surface area contributed by atoms with E-state index in [4.69, 9.17) is 9.47 Å². The van der Waals surface area contributed by atoms with Crippen molar-refractivity contribution in [3.05, 3.63) is 71.2 Å². The van der Waals surface area contributed by atoms with Crippen LogP contribution in [-0.4, -0.2) is 93.9 Å². The molecule has 0 spiro atoms. The molecule has 2 aromatic carbocycles. The quantitative estimate of drug-likeness (QED) is 0.167. The van der Waals surface area contributed by atoms with Gasteiger partial charge in [-0.1, -0.05) is 37.8 Å². The van der Waals surface area contributed by atoms with Gasteiger partial charge >= 0.3 is 6.18 Å². The van der Waals surface area contributed by atoms with Gasteiger partial charge in [0.1, 0.15) is 5.82 Å². The molecule has 2 atom stereocenters. The lowest BCUT2D eigenvalue weighted by Crippen LogP contribution is -2.55. The number of hydrogen-bond donors (Lipinski definition) is 1. The zero-order chi connectivity index (χ0) is 35.7. The fraction of sp³-hybridized carbons (Fsp3) is 0.500. The summed E-state index contributed by atoms with van der Waals surface area (Å²) < 4.78 is 70.0. The van der Waals surface area contributed by atoms with E-state index in [0.29, 0.717) is 50.1 Å². The SMILES string of the molecule is C[C@@H]1CN(c2cc(F)c(-c3cccc(CN(C)C4COC4)c3)cc2NC(=O)c2cnc(OCC[Si](C)(C)C)cc2C(F)(F)F)C[C@H](C)N1C. The van der Waals surface area contributed by atoms with Crippen LogP contribution in [0.15, 0.2) is 48.7 Å². The molecule has 13 heteroatoms. The second-order valence-electron chi connectivity index (χ2n) is 14.6. The van der Waals surface area contributed by atoms with Gasteiger partial charge < -0.3 is 19.7 Å². The Bertz CT molecular complexity index is 1630. The molecule has 0 radical (unpaired) electrons. The molecule has 8 nitrogen and oxygen atoms in total. The predicted octanol–water partition coefficient (Wildman–Crippen LogP) is 7.24.